The third-order valence-corrected chi connectivity index (χ3v) is 5.94. The topological polar surface area (TPSA) is 208 Å². The van der Waals surface area contributed by atoms with Crippen molar-refractivity contribution in [3.05, 3.63) is 12.2 Å². The molecule has 0 saturated carbocycles. The fourth-order valence-corrected chi connectivity index (χ4v) is 3.71. The van der Waals surface area contributed by atoms with Gasteiger partial charge in [-0.3, -0.25) is 33.7 Å². The fourth-order valence-electron chi connectivity index (χ4n) is 3.71. The molecule has 262 valence electrons. The van der Waals surface area contributed by atoms with E-state index in [0.29, 0.717) is 0 Å². The summed E-state index contributed by atoms with van der Waals surface area (Å²) in [5, 5.41) is 17.2. The Labute approximate surface area is 269 Å². The van der Waals surface area contributed by atoms with Crippen molar-refractivity contribution in [1.29, 1.82) is 0 Å². The van der Waals surface area contributed by atoms with E-state index in [1.807, 2.05) is 20.8 Å². The number of amides is 5. The Hall–Kier alpha value is -3.44. The first-order valence-electron chi connectivity index (χ1n) is 15.4. The van der Waals surface area contributed by atoms with E-state index in [4.69, 9.17) is 23.7 Å². The SMILES string of the molecule is CC(CO)OC(COC(=O)CCCC(=O)NCCNC(=O)CCOCCOCCNC(=O)CCN1C(=O)C=CC1=O)OC(C)(C)C. The van der Waals surface area contributed by atoms with Crippen LogP contribution in [0.3, 0.4) is 0 Å². The van der Waals surface area contributed by atoms with E-state index < -0.39 is 35.8 Å². The van der Waals surface area contributed by atoms with Gasteiger partial charge < -0.3 is 44.7 Å². The number of nitrogens with zero attached hydrogens (tertiary/aromatic N) is 1. The van der Waals surface area contributed by atoms with E-state index in [1.54, 1.807) is 6.92 Å². The Morgan fingerprint density at radius 3 is 1.98 bits per heavy atom. The Bertz CT molecular complexity index is 996. The molecule has 2 atom stereocenters. The van der Waals surface area contributed by atoms with Crippen LogP contribution in [0, 0.1) is 0 Å². The van der Waals surface area contributed by atoms with Crippen molar-refractivity contribution in [2.75, 3.05) is 65.8 Å². The Kier molecular flexibility index (Phi) is 20.3. The zero-order valence-electron chi connectivity index (χ0n) is 27.3. The maximum absolute atomic E-state index is 12.1. The molecule has 0 fully saturated rings. The summed E-state index contributed by atoms with van der Waals surface area (Å²) in [6, 6.07) is 0. The van der Waals surface area contributed by atoms with Gasteiger partial charge >= 0.3 is 5.97 Å². The molecule has 4 N–H and O–H groups in total. The fraction of sp³-hybridized carbons (Fsp3) is 0.733. The molecular weight excluding hydrogens is 608 g/mol. The number of carbonyl (C=O) groups is 6. The number of ether oxygens (including phenoxy) is 5. The molecule has 0 bridgehead atoms. The van der Waals surface area contributed by atoms with Crippen molar-refractivity contribution < 1.29 is 57.6 Å². The molecule has 46 heavy (non-hydrogen) atoms. The second-order valence-corrected chi connectivity index (χ2v) is 11.3. The lowest BCUT2D eigenvalue weighted by Crippen LogP contribution is -2.36. The number of aliphatic hydroxyl groups is 1. The van der Waals surface area contributed by atoms with Crippen molar-refractivity contribution in [2.45, 2.75) is 77.8 Å². The van der Waals surface area contributed by atoms with Crippen LogP contribution in [-0.2, 0) is 52.5 Å². The number of imide groups is 1. The third-order valence-electron chi connectivity index (χ3n) is 5.94. The minimum absolute atomic E-state index is 0.00855. The van der Waals surface area contributed by atoms with Crippen molar-refractivity contribution in [1.82, 2.24) is 20.9 Å². The highest BCUT2D eigenvalue weighted by molar-refractivity contribution is 6.13. The van der Waals surface area contributed by atoms with E-state index in [0.717, 1.165) is 4.90 Å². The van der Waals surface area contributed by atoms with Crippen LogP contribution in [-0.4, -0.2) is 129 Å². The predicted octanol–water partition coefficient (Wildman–Crippen LogP) is -0.674. The van der Waals surface area contributed by atoms with E-state index in [2.05, 4.69) is 16.0 Å². The van der Waals surface area contributed by atoms with Gasteiger partial charge in [-0.05, 0) is 34.1 Å². The molecule has 1 aliphatic rings. The maximum atomic E-state index is 12.1. The van der Waals surface area contributed by atoms with Crippen LogP contribution in [0.5, 0.6) is 0 Å². The van der Waals surface area contributed by atoms with Crippen LogP contribution in [0.2, 0.25) is 0 Å². The minimum atomic E-state index is -0.830. The summed E-state index contributed by atoms with van der Waals surface area (Å²) in [6.07, 6.45) is 1.60. The zero-order valence-corrected chi connectivity index (χ0v) is 27.3. The molecule has 16 heteroatoms. The minimum Gasteiger partial charge on any atom is -0.460 e. The number of hydrogen-bond donors (Lipinski definition) is 4. The van der Waals surface area contributed by atoms with Crippen LogP contribution < -0.4 is 16.0 Å². The molecule has 0 aliphatic carbocycles. The van der Waals surface area contributed by atoms with E-state index >= 15 is 0 Å². The monoisotopic (exact) mass is 658 g/mol. The molecule has 0 aromatic carbocycles. The van der Waals surface area contributed by atoms with Crippen LogP contribution in [0.15, 0.2) is 12.2 Å². The molecule has 0 spiro atoms. The summed E-state index contributed by atoms with van der Waals surface area (Å²) in [7, 11) is 0. The van der Waals surface area contributed by atoms with Gasteiger partial charge in [-0.15, -0.1) is 0 Å². The van der Waals surface area contributed by atoms with Crippen molar-refractivity contribution >= 4 is 35.5 Å². The van der Waals surface area contributed by atoms with Gasteiger partial charge in [0.05, 0.1) is 44.7 Å². The molecule has 1 rings (SSSR count). The molecule has 0 aromatic heterocycles. The summed E-state index contributed by atoms with van der Waals surface area (Å²) < 4.78 is 27.1. The average molecular weight is 659 g/mol. The highest BCUT2D eigenvalue weighted by atomic mass is 16.7. The lowest BCUT2D eigenvalue weighted by Gasteiger charge is -2.28. The number of carbonyl (C=O) groups excluding carboxylic acids is 6. The lowest BCUT2D eigenvalue weighted by atomic mass is 10.2. The quantitative estimate of drug-likeness (QED) is 0.0417. The Balaban J connectivity index is 1.97. The molecule has 16 nitrogen and oxygen atoms in total. The number of aliphatic hydroxyl groups excluding tert-OH is 1. The molecule has 1 aliphatic heterocycles. The summed E-state index contributed by atoms with van der Waals surface area (Å²) in [5.74, 6) is -2.15. The van der Waals surface area contributed by atoms with Gasteiger partial charge in [0, 0.05) is 64.0 Å². The van der Waals surface area contributed by atoms with Crippen LogP contribution in [0.1, 0.15) is 59.8 Å². The number of esters is 1. The predicted molar refractivity (Wildman–Crippen MR) is 163 cm³/mol. The van der Waals surface area contributed by atoms with Gasteiger partial charge in [0.1, 0.15) is 6.61 Å². The molecule has 0 aromatic rings. The number of hydrogen-bond acceptors (Lipinski definition) is 12. The highest BCUT2D eigenvalue weighted by Crippen LogP contribution is 2.14. The lowest BCUT2D eigenvalue weighted by molar-refractivity contribution is -0.235. The van der Waals surface area contributed by atoms with Gasteiger partial charge in [0.2, 0.25) is 17.7 Å². The smallest absolute Gasteiger partial charge is 0.305 e. The Morgan fingerprint density at radius 1 is 0.804 bits per heavy atom. The van der Waals surface area contributed by atoms with Crippen LogP contribution in [0.25, 0.3) is 0 Å². The molecule has 1 heterocycles. The van der Waals surface area contributed by atoms with Gasteiger partial charge in [-0.1, -0.05) is 0 Å². The van der Waals surface area contributed by atoms with Gasteiger partial charge in [0.15, 0.2) is 6.29 Å². The van der Waals surface area contributed by atoms with Gasteiger partial charge in [-0.25, -0.2) is 0 Å². The molecule has 0 saturated heterocycles. The second kappa shape index (κ2) is 23.0. The third kappa shape index (κ3) is 20.6. The molecule has 5 amide bonds. The molecule has 0 radical (unpaired) electrons. The number of rotatable bonds is 25. The van der Waals surface area contributed by atoms with Gasteiger partial charge in [0.25, 0.3) is 11.8 Å². The van der Waals surface area contributed by atoms with E-state index in [9.17, 15) is 33.9 Å². The first-order chi connectivity index (χ1) is 21.8. The largest absolute Gasteiger partial charge is 0.460 e. The normalized spacial score (nSPS) is 14.2. The van der Waals surface area contributed by atoms with Crippen molar-refractivity contribution in [3.63, 3.8) is 0 Å². The highest BCUT2D eigenvalue weighted by Gasteiger charge is 2.24. The van der Waals surface area contributed by atoms with E-state index in [-0.39, 0.29) is 116 Å². The summed E-state index contributed by atoms with van der Waals surface area (Å²) in [5.41, 5.74) is -0.540. The first-order valence-corrected chi connectivity index (χ1v) is 15.4. The molecular formula is C30H50N4O12. The van der Waals surface area contributed by atoms with Crippen LogP contribution >= 0.6 is 0 Å². The van der Waals surface area contributed by atoms with Crippen LogP contribution in [0.4, 0.5) is 0 Å². The number of nitrogens with one attached hydrogen (secondary N) is 3. The first kappa shape index (κ1) is 40.6. The standard InChI is InChI=1S/C30H50N4O12/c1-22(20-35)45-29(46-30(2,3)4)21-44-28(41)7-5-6-23(36)31-12-13-32-25(38)11-16-42-18-19-43-17-14-33-24(37)10-15-34-26(39)8-9-27(34)40/h8-9,22,29,35H,5-7,10-21H2,1-4H3,(H,31,36)(H,32,38)(H,33,37). The van der Waals surface area contributed by atoms with Gasteiger partial charge in [-0.2, -0.15) is 0 Å². The Morgan fingerprint density at radius 2 is 1.37 bits per heavy atom. The summed E-state index contributed by atoms with van der Waals surface area (Å²) in [4.78, 5) is 71.6. The zero-order chi connectivity index (χ0) is 34.4. The van der Waals surface area contributed by atoms with Crippen molar-refractivity contribution in [3.8, 4) is 0 Å². The van der Waals surface area contributed by atoms with Crippen molar-refractivity contribution in [2.24, 2.45) is 0 Å². The molecule has 2 unspecified atom stereocenters. The summed E-state index contributed by atoms with van der Waals surface area (Å²) in [6.45, 7) is 8.56. The average Bonchev–Trinajstić information content (AvgIpc) is 3.31. The van der Waals surface area contributed by atoms with E-state index in [1.165, 1.54) is 12.2 Å². The second-order valence-electron chi connectivity index (χ2n) is 11.3. The maximum Gasteiger partial charge on any atom is 0.305 e. The summed E-state index contributed by atoms with van der Waals surface area (Å²) >= 11 is 0.